The summed E-state index contributed by atoms with van der Waals surface area (Å²) in [5.74, 6) is 0.570. The van der Waals surface area contributed by atoms with Crippen LogP contribution in [0, 0.1) is 19.8 Å². The van der Waals surface area contributed by atoms with Gasteiger partial charge in [0.2, 0.25) is 10.0 Å². The summed E-state index contributed by atoms with van der Waals surface area (Å²) in [6.07, 6.45) is 1.85. The van der Waals surface area contributed by atoms with E-state index in [1.165, 1.54) is 0 Å². The Morgan fingerprint density at radius 1 is 1.25 bits per heavy atom. The normalized spacial score (nSPS) is 20.0. The lowest BCUT2D eigenvalue weighted by Gasteiger charge is -2.32. The van der Waals surface area contributed by atoms with Crippen LogP contribution in [0.3, 0.4) is 0 Å². The molecule has 1 heterocycles. The predicted octanol–water partition coefficient (Wildman–Crippen LogP) is 3.49. The summed E-state index contributed by atoms with van der Waals surface area (Å²) in [6.45, 7) is 7.23. The number of aryl methyl sites for hydroxylation is 2. The molecular weight excluding hydrogens is 338 g/mol. The summed E-state index contributed by atoms with van der Waals surface area (Å²) in [5.41, 5.74) is 1.93. The molecular formula is C15H22BrNO2S. The molecule has 5 heteroatoms. The van der Waals surface area contributed by atoms with Gasteiger partial charge in [-0.1, -0.05) is 40.5 Å². The van der Waals surface area contributed by atoms with Crippen molar-refractivity contribution in [2.45, 2.75) is 43.3 Å². The Bertz CT molecular complexity index is 576. The Morgan fingerprint density at radius 3 is 2.35 bits per heavy atom. The fourth-order valence-corrected chi connectivity index (χ4v) is 5.01. The second-order valence-corrected chi connectivity index (χ2v) is 9.04. The molecule has 1 fully saturated rings. The Morgan fingerprint density at radius 2 is 1.85 bits per heavy atom. The summed E-state index contributed by atoms with van der Waals surface area (Å²) < 4.78 is 27.1. The van der Waals surface area contributed by atoms with Crippen LogP contribution in [0.5, 0.6) is 0 Å². The van der Waals surface area contributed by atoms with Crippen LogP contribution >= 0.6 is 15.9 Å². The Labute approximate surface area is 130 Å². The maximum Gasteiger partial charge on any atom is 0.243 e. The first-order chi connectivity index (χ1) is 9.32. The van der Waals surface area contributed by atoms with Crippen LogP contribution in [-0.2, 0) is 10.0 Å². The predicted molar refractivity (Wildman–Crippen MR) is 85.8 cm³/mol. The molecule has 1 aliphatic heterocycles. The van der Waals surface area contributed by atoms with E-state index in [9.17, 15) is 8.42 Å². The molecule has 2 rings (SSSR count). The van der Waals surface area contributed by atoms with Crippen molar-refractivity contribution in [3.8, 4) is 0 Å². The van der Waals surface area contributed by atoms with Crippen molar-refractivity contribution in [1.29, 1.82) is 0 Å². The second-order valence-electron chi connectivity index (χ2n) is 5.69. The minimum absolute atomic E-state index is 0.452. The van der Waals surface area contributed by atoms with E-state index in [-0.39, 0.29) is 0 Å². The van der Waals surface area contributed by atoms with Crippen molar-refractivity contribution >= 4 is 26.0 Å². The van der Waals surface area contributed by atoms with Crippen LogP contribution in [-0.4, -0.2) is 30.6 Å². The molecule has 1 aromatic carbocycles. The topological polar surface area (TPSA) is 37.4 Å². The number of alkyl halides is 1. The zero-order valence-corrected chi connectivity index (χ0v) is 14.7. The van der Waals surface area contributed by atoms with Gasteiger partial charge in [-0.15, -0.1) is 0 Å². The van der Waals surface area contributed by atoms with Gasteiger partial charge in [0.1, 0.15) is 0 Å². The van der Waals surface area contributed by atoms with Crippen LogP contribution in [0.1, 0.15) is 30.9 Å². The van der Waals surface area contributed by atoms with E-state index >= 15 is 0 Å². The van der Waals surface area contributed by atoms with E-state index in [0.717, 1.165) is 24.0 Å². The Kier molecular flexibility index (Phi) is 4.92. The lowest BCUT2D eigenvalue weighted by Crippen LogP contribution is -2.40. The molecule has 1 saturated heterocycles. The van der Waals surface area contributed by atoms with Gasteiger partial charge in [0.05, 0.1) is 4.90 Å². The van der Waals surface area contributed by atoms with Crippen LogP contribution in [0.4, 0.5) is 0 Å². The molecule has 1 aliphatic rings. The molecule has 1 aromatic rings. The largest absolute Gasteiger partial charge is 0.243 e. The number of rotatable bonds is 3. The van der Waals surface area contributed by atoms with Crippen LogP contribution < -0.4 is 0 Å². The van der Waals surface area contributed by atoms with Gasteiger partial charge in [-0.3, -0.25) is 0 Å². The number of halogens is 1. The summed E-state index contributed by atoms with van der Waals surface area (Å²) in [5, 5.41) is 0. The number of piperidine rings is 1. The highest BCUT2D eigenvalue weighted by atomic mass is 79.9. The number of nitrogens with zero attached hydrogens (tertiary/aromatic N) is 1. The minimum atomic E-state index is -3.34. The molecule has 112 valence electrons. The molecule has 0 radical (unpaired) electrons. The van der Waals surface area contributed by atoms with E-state index in [4.69, 9.17) is 0 Å². The quantitative estimate of drug-likeness (QED) is 0.774. The second kappa shape index (κ2) is 6.16. The van der Waals surface area contributed by atoms with Gasteiger partial charge < -0.3 is 0 Å². The van der Waals surface area contributed by atoms with Crippen molar-refractivity contribution in [1.82, 2.24) is 4.31 Å². The Hall–Kier alpha value is -0.390. The van der Waals surface area contributed by atoms with Crippen molar-refractivity contribution in [2.24, 2.45) is 5.92 Å². The number of sulfonamides is 1. The van der Waals surface area contributed by atoms with E-state index in [1.807, 2.05) is 26.0 Å². The Balaban J connectivity index is 2.20. The number of hydrogen-bond acceptors (Lipinski definition) is 2. The highest BCUT2D eigenvalue weighted by Crippen LogP contribution is 2.29. The fraction of sp³-hybridized carbons (Fsp3) is 0.600. The van der Waals surface area contributed by atoms with Gasteiger partial charge in [0, 0.05) is 17.9 Å². The molecule has 0 N–H and O–H groups in total. The average molecular weight is 360 g/mol. The molecule has 1 unspecified atom stereocenters. The van der Waals surface area contributed by atoms with Crippen molar-refractivity contribution in [2.75, 3.05) is 13.1 Å². The lowest BCUT2D eigenvalue weighted by molar-refractivity contribution is 0.274. The van der Waals surface area contributed by atoms with Crippen molar-refractivity contribution in [3.05, 3.63) is 29.3 Å². The molecule has 1 atom stereocenters. The molecule has 3 nitrogen and oxygen atoms in total. The summed E-state index contributed by atoms with van der Waals surface area (Å²) in [7, 11) is -3.34. The van der Waals surface area contributed by atoms with Gasteiger partial charge >= 0.3 is 0 Å². The molecule has 0 aliphatic carbocycles. The first-order valence-electron chi connectivity index (χ1n) is 7.04. The minimum Gasteiger partial charge on any atom is -0.207 e. The highest BCUT2D eigenvalue weighted by Gasteiger charge is 2.31. The standard InChI is InChI=1S/C15H22BrNO2S/c1-11-4-5-15(12(2)10-11)20(18,19)17-8-6-14(7-9-17)13(3)16/h4-5,10,13-14H,6-9H2,1-3H3. The zero-order chi connectivity index (χ0) is 14.9. The van der Waals surface area contributed by atoms with E-state index in [0.29, 0.717) is 28.7 Å². The van der Waals surface area contributed by atoms with E-state index < -0.39 is 10.0 Å². The third kappa shape index (κ3) is 3.26. The van der Waals surface area contributed by atoms with Gasteiger partial charge in [-0.2, -0.15) is 4.31 Å². The summed E-state index contributed by atoms with van der Waals surface area (Å²) in [4.78, 5) is 0.905. The van der Waals surface area contributed by atoms with E-state index in [1.54, 1.807) is 10.4 Å². The third-order valence-electron chi connectivity index (χ3n) is 4.10. The molecule has 20 heavy (non-hydrogen) atoms. The molecule has 0 aromatic heterocycles. The lowest BCUT2D eigenvalue weighted by atomic mass is 9.96. The third-order valence-corrected chi connectivity index (χ3v) is 6.90. The maximum atomic E-state index is 12.7. The first-order valence-corrected chi connectivity index (χ1v) is 9.39. The molecule has 0 saturated carbocycles. The maximum absolute atomic E-state index is 12.7. The first kappa shape index (κ1) is 16.0. The molecule has 0 spiro atoms. The monoisotopic (exact) mass is 359 g/mol. The number of benzene rings is 1. The summed E-state index contributed by atoms with van der Waals surface area (Å²) in [6, 6.07) is 5.53. The van der Waals surface area contributed by atoms with Crippen molar-refractivity contribution < 1.29 is 8.42 Å². The molecule has 0 bridgehead atoms. The van der Waals surface area contributed by atoms with Crippen LogP contribution in [0.2, 0.25) is 0 Å². The van der Waals surface area contributed by atoms with E-state index in [2.05, 4.69) is 22.9 Å². The highest BCUT2D eigenvalue weighted by molar-refractivity contribution is 9.09. The zero-order valence-electron chi connectivity index (χ0n) is 12.3. The van der Waals surface area contributed by atoms with Crippen LogP contribution in [0.15, 0.2) is 23.1 Å². The average Bonchev–Trinajstić information content (AvgIpc) is 2.38. The van der Waals surface area contributed by atoms with Crippen LogP contribution in [0.25, 0.3) is 0 Å². The van der Waals surface area contributed by atoms with Gasteiger partial charge in [0.15, 0.2) is 0 Å². The van der Waals surface area contributed by atoms with Gasteiger partial charge in [0.25, 0.3) is 0 Å². The van der Waals surface area contributed by atoms with Crippen molar-refractivity contribution in [3.63, 3.8) is 0 Å². The smallest absolute Gasteiger partial charge is 0.207 e. The number of hydrogen-bond donors (Lipinski definition) is 0. The molecule has 0 amide bonds. The SMILES string of the molecule is Cc1ccc(S(=O)(=O)N2CCC(C(C)Br)CC2)c(C)c1. The fourth-order valence-electron chi connectivity index (χ4n) is 2.80. The van der Waals surface area contributed by atoms with Gasteiger partial charge in [-0.05, 0) is 44.2 Å². The van der Waals surface area contributed by atoms with Gasteiger partial charge in [-0.25, -0.2) is 8.42 Å². The summed E-state index contributed by atoms with van der Waals surface area (Å²) >= 11 is 3.60.